The predicted octanol–water partition coefficient (Wildman–Crippen LogP) is 1.15. The molecule has 6 nitrogen and oxygen atoms in total. The van der Waals surface area contributed by atoms with Gasteiger partial charge in [0, 0.05) is 20.2 Å². The Balaban J connectivity index is 2.24. The number of hydrogen-bond acceptors (Lipinski definition) is 4. The Morgan fingerprint density at radius 3 is 2.63 bits per heavy atom. The van der Waals surface area contributed by atoms with Crippen LogP contribution in [0.4, 0.5) is 4.79 Å². The molecule has 1 unspecified atom stereocenters. The van der Waals surface area contributed by atoms with Crippen molar-refractivity contribution in [3.63, 3.8) is 0 Å². The lowest BCUT2D eigenvalue weighted by Gasteiger charge is -2.24. The lowest BCUT2D eigenvalue weighted by molar-refractivity contribution is -0.122. The smallest absolute Gasteiger partial charge is 0.410 e. The van der Waals surface area contributed by atoms with Crippen molar-refractivity contribution in [3.05, 3.63) is 0 Å². The van der Waals surface area contributed by atoms with Gasteiger partial charge in [0.2, 0.25) is 5.91 Å². The number of nitrogens with zero attached hydrogens (tertiary/aromatic N) is 1. The van der Waals surface area contributed by atoms with Gasteiger partial charge in [-0.2, -0.15) is 0 Å². The second kappa shape index (κ2) is 6.75. The summed E-state index contributed by atoms with van der Waals surface area (Å²) in [5.41, 5.74) is -0.556. The first-order valence-electron chi connectivity index (χ1n) is 6.60. The highest BCUT2D eigenvalue weighted by atomic mass is 16.6. The molecular formula is C13H24N2O4. The predicted molar refractivity (Wildman–Crippen MR) is 70.8 cm³/mol. The molecule has 0 aromatic heterocycles. The van der Waals surface area contributed by atoms with Crippen LogP contribution >= 0.6 is 0 Å². The van der Waals surface area contributed by atoms with E-state index in [2.05, 4.69) is 5.32 Å². The Morgan fingerprint density at radius 2 is 2.11 bits per heavy atom. The Kier molecular flexibility index (Phi) is 5.60. The largest absolute Gasteiger partial charge is 0.444 e. The lowest BCUT2D eigenvalue weighted by Crippen LogP contribution is -2.42. The molecule has 1 atom stereocenters. The van der Waals surface area contributed by atoms with Crippen LogP contribution in [0.5, 0.6) is 0 Å². The summed E-state index contributed by atoms with van der Waals surface area (Å²) in [6.07, 6.45) is 1.62. The van der Waals surface area contributed by atoms with E-state index in [0.717, 1.165) is 19.4 Å². The van der Waals surface area contributed by atoms with Crippen LogP contribution in [0, 0.1) is 0 Å². The monoisotopic (exact) mass is 272 g/mol. The van der Waals surface area contributed by atoms with Crippen molar-refractivity contribution < 1.29 is 19.1 Å². The van der Waals surface area contributed by atoms with Crippen molar-refractivity contribution in [3.8, 4) is 0 Å². The maximum absolute atomic E-state index is 11.7. The van der Waals surface area contributed by atoms with Gasteiger partial charge in [0.1, 0.15) is 12.1 Å². The zero-order valence-electron chi connectivity index (χ0n) is 12.2. The number of likely N-dealkylation sites (N-methyl/N-ethyl adjacent to an activating group) is 1. The molecule has 0 aromatic rings. The van der Waals surface area contributed by atoms with Crippen molar-refractivity contribution in [2.45, 2.75) is 45.3 Å². The highest BCUT2D eigenvalue weighted by Crippen LogP contribution is 2.11. The lowest BCUT2D eigenvalue weighted by atomic mass is 10.2. The second-order valence-electron chi connectivity index (χ2n) is 5.78. The zero-order chi connectivity index (χ0) is 14.5. The van der Waals surface area contributed by atoms with Crippen LogP contribution in [0.15, 0.2) is 0 Å². The average molecular weight is 272 g/mol. The van der Waals surface area contributed by atoms with E-state index in [1.165, 1.54) is 4.90 Å². The third kappa shape index (κ3) is 6.42. The standard InChI is InChI=1S/C13H24N2O4/c1-13(2,3)19-12(17)15(4)9-11(16)14-8-10-6-5-7-18-10/h10H,5-9H2,1-4H3,(H,14,16). The fraction of sp³-hybridized carbons (Fsp3) is 0.846. The SMILES string of the molecule is CN(CC(=O)NCC1CCCO1)C(=O)OC(C)(C)C. The minimum absolute atomic E-state index is 0.0123. The summed E-state index contributed by atoms with van der Waals surface area (Å²) in [7, 11) is 1.54. The summed E-state index contributed by atoms with van der Waals surface area (Å²) in [6, 6.07) is 0. The van der Waals surface area contributed by atoms with E-state index < -0.39 is 11.7 Å². The molecule has 110 valence electrons. The van der Waals surface area contributed by atoms with E-state index in [4.69, 9.17) is 9.47 Å². The molecule has 1 aliphatic heterocycles. The Hall–Kier alpha value is -1.30. The molecule has 6 heteroatoms. The molecule has 1 fully saturated rings. The quantitative estimate of drug-likeness (QED) is 0.833. The molecule has 0 aliphatic carbocycles. The molecular weight excluding hydrogens is 248 g/mol. The number of rotatable bonds is 4. The summed E-state index contributed by atoms with van der Waals surface area (Å²) in [4.78, 5) is 24.6. The van der Waals surface area contributed by atoms with Crippen molar-refractivity contribution in [1.29, 1.82) is 0 Å². The van der Waals surface area contributed by atoms with Crippen LogP contribution in [0.3, 0.4) is 0 Å². The van der Waals surface area contributed by atoms with Gasteiger partial charge in [-0.05, 0) is 33.6 Å². The molecule has 1 aliphatic rings. The molecule has 2 amide bonds. The Morgan fingerprint density at radius 1 is 1.42 bits per heavy atom. The van der Waals surface area contributed by atoms with Gasteiger partial charge in [-0.25, -0.2) is 4.79 Å². The molecule has 0 aromatic carbocycles. The van der Waals surface area contributed by atoms with Gasteiger partial charge in [0.05, 0.1) is 6.10 Å². The van der Waals surface area contributed by atoms with Crippen LogP contribution in [-0.2, 0) is 14.3 Å². The van der Waals surface area contributed by atoms with Crippen molar-refractivity contribution in [1.82, 2.24) is 10.2 Å². The van der Waals surface area contributed by atoms with Crippen LogP contribution in [0.2, 0.25) is 0 Å². The molecule has 0 spiro atoms. The number of carbonyl (C=O) groups excluding carboxylic acids is 2. The first-order valence-corrected chi connectivity index (χ1v) is 6.60. The van der Waals surface area contributed by atoms with Crippen LogP contribution < -0.4 is 5.32 Å². The number of hydrogen-bond donors (Lipinski definition) is 1. The average Bonchev–Trinajstić information content (AvgIpc) is 2.76. The zero-order valence-corrected chi connectivity index (χ0v) is 12.2. The van der Waals surface area contributed by atoms with Crippen molar-refractivity contribution in [2.75, 3.05) is 26.7 Å². The minimum atomic E-state index is -0.556. The molecule has 0 saturated carbocycles. The highest BCUT2D eigenvalue weighted by molar-refractivity contribution is 5.82. The number of ether oxygens (including phenoxy) is 2. The van der Waals surface area contributed by atoms with Crippen molar-refractivity contribution in [2.24, 2.45) is 0 Å². The van der Waals surface area contributed by atoms with Gasteiger partial charge >= 0.3 is 6.09 Å². The van der Waals surface area contributed by atoms with E-state index in [1.54, 1.807) is 27.8 Å². The maximum Gasteiger partial charge on any atom is 0.410 e. The van der Waals surface area contributed by atoms with Gasteiger partial charge < -0.3 is 19.7 Å². The number of carbonyl (C=O) groups is 2. The van der Waals surface area contributed by atoms with Crippen molar-refractivity contribution >= 4 is 12.0 Å². The molecule has 1 rings (SSSR count). The molecule has 1 N–H and O–H groups in total. The maximum atomic E-state index is 11.7. The second-order valence-corrected chi connectivity index (χ2v) is 5.78. The molecule has 1 saturated heterocycles. The van der Waals surface area contributed by atoms with Gasteiger partial charge in [-0.15, -0.1) is 0 Å². The summed E-state index contributed by atoms with van der Waals surface area (Å²) >= 11 is 0. The molecule has 1 heterocycles. The Bertz CT molecular complexity index is 319. The van der Waals surface area contributed by atoms with Crippen LogP contribution in [-0.4, -0.2) is 55.3 Å². The van der Waals surface area contributed by atoms with Crippen LogP contribution in [0.25, 0.3) is 0 Å². The van der Waals surface area contributed by atoms with Gasteiger partial charge in [0.25, 0.3) is 0 Å². The summed E-state index contributed by atoms with van der Waals surface area (Å²) in [5, 5.41) is 2.76. The molecule has 0 radical (unpaired) electrons. The van der Waals surface area contributed by atoms with Crippen LogP contribution in [0.1, 0.15) is 33.6 Å². The number of amides is 2. The molecule has 0 bridgehead atoms. The summed E-state index contributed by atoms with van der Waals surface area (Å²) < 4.78 is 10.6. The first-order chi connectivity index (χ1) is 8.78. The van der Waals surface area contributed by atoms with E-state index in [-0.39, 0.29) is 18.6 Å². The fourth-order valence-electron chi connectivity index (χ4n) is 1.71. The third-order valence-electron chi connectivity index (χ3n) is 2.64. The highest BCUT2D eigenvalue weighted by Gasteiger charge is 2.22. The van der Waals surface area contributed by atoms with E-state index in [9.17, 15) is 9.59 Å². The summed E-state index contributed by atoms with van der Waals surface area (Å²) in [6.45, 7) is 6.61. The Labute approximate surface area is 114 Å². The third-order valence-corrected chi connectivity index (χ3v) is 2.64. The fourth-order valence-corrected chi connectivity index (χ4v) is 1.71. The van der Waals surface area contributed by atoms with E-state index in [1.807, 2.05) is 0 Å². The van der Waals surface area contributed by atoms with Gasteiger partial charge in [-0.1, -0.05) is 0 Å². The van der Waals surface area contributed by atoms with E-state index in [0.29, 0.717) is 6.54 Å². The first kappa shape index (κ1) is 15.8. The minimum Gasteiger partial charge on any atom is -0.444 e. The molecule has 19 heavy (non-hydrogen) atoms. The number of nitrogens with one attached hydrogen (secondary N) is 1. The van der Waals surface area contributed by atoms with E-state index >= 15 is 0 Å². The normalized spacial score (nSPS) is 19.1. The summed E-state index contributed by atoms with van der Waals surface area (Å²) in [5.74, 6) is -0.205. The van der Waals surface area contributed by atoms with Gasteiger partial charge in [-0.3, -0.25) is 4.79 Å². The van der Waals surface area contributed by atoms with Gasteiger partial charge in [0.15, 0.2) is 0 Å². The topological polar surface area (TPSA) is 67.9 Å².